The van der Waals surface area contributed by atoms with Gasteiger partial charge in [-0.25, -0.2) is 0 Å². The fourth-order valence-corrected chi connectivity index (χ4v) is 2.28. The van der Waals surface area contributed by atoms with Gasteiger partial charge in [-0.15, -0.1) is 0 Å². The Balaban J connectivity index is 2.63. The number of carbonyl (C=O) groups excluding carboxylic acids is 1. The first-order valence-electron chi connectivity index (χ1n) is 6.20. The zero-order chi connectivity index (χ0) is 14.4. The number of rotatable bonds is 6. The minimum absolute atomic E-state index is 0.0867. The highest BCUT2D eigenvalue weighted by molar-refractivity contribution is 9.10. The maximum atomic E-state index is 12.1. The molecule has 0 aromatic heterocycles. The standard InChI is InChI=1S/C14H21BrN2O2/c1-10(9-17(2)3)8-16-14(18)12-7-11(19-4)5-6-13(12)15/h5-7,10H,8-9H2,1-4H3,(H,16,18)/t10-/m0/s1. The van der Waals surface area contributed by atoms with Crippen LogP contribution in [0.2, 0.25) is 0 Å². The lowest BCUT2D eigenvalue weighted by molar-refractivity contribution is 0.0944. The Kier molecular flexibility index (Phi) is 6.31. The Morgan fingerprint density at radius 1 is 1.47 bits per heavy atom. The average molecular weight is 329 g/mol. The maximum absolute atomic E-state index is 12.1. The van der Waals surface area contributed by atoms with Crippen molar-refractivity contribution < 1.29 is 9.53 Å². The largest absolute Gasteiger partial charge is 0.497 e. The molecule has 1 atom stereocenters. The van der Waals surface area contributed by atoms with E-state index in [1.165, 1.54) is 0 Å². The summed E-state index contributed by atoms with van der Waals surface area (Å²) in [5.74, 6) is 0.995. The average Bonchev–Trinajstić information content (AvgIpc) is 2.35. The van der Waals surface area contributed by atoms with Gasteiger partial charge >= 0.3 is 0 Å². The van der Waals surface area contributed by atoms with Gasteiger partial charge in [0.05, 0.1) is 12.7 Å². The number of methoxy groups -OCH3 is 1. The molecule has 1 rings (SSSR count). The third kappa shape index (κ3) is 5.20. The van der Waals surface area contributed by atoms with Crippen LogP contribution in [0.5, 0.6) is 5.75 Å². The number of hydrogen-bond acceptors (Lipinski definition) is 3. The Morgan fingerprint density at radius 3 is 2.74 bits per heavy atom. The zero-order valence-electron chi connectivity index (χ0n) is 11.9. The first-order chi connectivity index (χ1) is 8.93. The molecule has 1 aromatic rings. The van der Waals surface area contributed by atoms with Gasteiger partial charge in [-0.3, -0.25) is 4.79 Å². The van der Waals surface area contributed by atoms with E-state index >= 15 is 0 Å². The lowest BCUT2D eigenvalue weighted by atomic mass is 10.1. The van der Waals surface area contributed by atoms with Gasteiger partial charge in [0.2, 0.25) is 0 Å². The van der Waals surface area contributed by atoms with Crippen molar-refractivity contribution in [2.24, 2.45) is 5.92 Å². The van der Waals surface area contributed by atoms with Gasteiger partial charge in [-0.1, -0.05) is 6.92 Å². The molecule has 106 valence electrons. The SMILES string of the molecule is COc1ccc(Br)c(C(=O)NC[C@H](C)CN(C)C)c1. The second kappa shape index (κ2) is 7.50. The summed E-state index contributed by atoms with van der Waals surface area (Å²) in [5, 5.41) is 2.95. The van der Waals surface area contributed by atoms with Crippen LogP contribution >= 0.6 is 15.9 Å². The van der Waals surface area contributed by atoms with Crippen LogP contribution in [0.15, 0.2) is 22.7 Å². The number of halogens is 1. The summed E-state index contributed by atoms with van der Waals surface area (Å²) in [4.78, 5) is 14.2. The van der Waals surface area contributed by atoms with Crippen molar-refractivity contribution in [3.63, 3.8) is 0 Å². The van der Waals surface area contributed by atoms with Crippen LogP contribution in [0.1, 0.15) is 17.3 Å². The van der Waals surface area contributed by atoms with E-state index in [1.54, 1.807) is 13.2 Å². The number of benzene rings is 1. The molecule has 19 heavy (non-hydrogen) atoms. The number of nitrogens with zero attached hydrogens (tertiary/aromatic N) is 1. The number of carbonyl (C=O) groups is 1. The Morgan fingerprint density at radius 2 is 2.16 bits per heavy atom. The Labute approximate surface area is 123 Å². The van der Waals surface area contributed by atoms with Crippen molar-refractivity contribution in [1.82, 2.24) is 10.2 Å². The summed E-state index contributed by atoms with van der Waals surface area (Å²) < 4.78 is 5.90. The van der Waals surface area contributed by atoms with Crippen molar-refractivity contribution >= 4 is 21.8 Å². The van der Waals surface area contributed by atoms with Gasteiger partial charge in [0.15, 0.2) is 0 Å². The van der Waals surface area contributed by atoms with Crippen molar-refractivity contribution in [3.05, 3.63) is 28.2 Å². The fourth-order valence-electron chi connectivity index (χ4n) is 1.86. The molecule has 0 saturated heterocycles. The molecule has 4 nitrogen and oxygen atoms in total. The van der Waals surface area contributed by atoms with Crippen LogP contribution < -0.4 is 10.1 Å². The molecule has 0 unspecified atom stereocenters. The molecule has 0 radical (unpaired) electrons. The van der Waals surface area contributed by atoms with Gasteiger partial charge in [0, 0.05) is 17.6 Å². The molecular weight excluding hydrogens is 308 g/mol. The summed E-state index contributed by atoms with van der Waals surface area (Å²) in [6.45, 7) is 3.71. The highest BCUT2D eigenvalue weighted by Crippen LogP contribution is 2.22. The smallest absolute Gasteiger partial charge is 0.252 e. The molecule has 0 aliphatic rings. The van der Waals surface area contributed by atoms with E-state index in [9.17, 15) is 4.79 Å². The summed E-state index contributed by atoms with van der Waals surface area (Å²) >= 11 is 3.38. The Hall–Kier alpha value is -1.07. The van der Waals surface area contributed by atoms with E-state index in [-0.39, 0.29) is 5.91 Å². The fraction of sp³-hybridized carbons (Fsp3) is 0.500. The summed E-state index contributed by atoms with van der Waals surface area (Å²) in [5.41, 5.74) is 0.594. The minimum atomic E-state index is -0.0867. The minimum Gasteiger partial charge on any atom is -0.497 e. The summed E-state index contributed by atoms with van der Waals surface area (Å²) in [6, 6.07) is 5.36. The van der Waals surface area contributed by atoms with Crippen molar-refractivity contribution in [2.75, 3.05) is 34.3 Å². The van der Waals surface area contributed by atoms with E-state index in [4.69, 9.17) is 4.74 Å². The Bertz CT molecular complexity index is 435. The van der Waals surface area contributed by atoms with Gasteiger partial charge in [-0.2, -0.15) is 0 Å². The second-order valence-corrected chi connectivity index (χ2v) is 5.78. The monoisotopic (exact) mass is 328 g/mol. The highest BCUT2D eigenvalue weighted by Gasteiger charge is 2.12. The van der Waals surface area contributed by atoms with E-state index in [2.05, 4.69) is 33.1 Å². The molecule has 0 aliphatic carbocycles. The quantitative estimate of drug-likeness (QED) is 0.871. The van der Waals surface area contributed by atoms with Gasteiger partial charge in [0.25, 0.3) is 5.91 Å². The molecule has 1 amide bonds. The summed E-state index contributed by atoms with van der Waals surface area (Å²) in [6.07, 6.45) is 0. The van der Waals surface area contributed by atoms with Crippen LogP contribution in [0.4, 0.5) is 0 Å². The lowest BCUT2D eigenvalue weighted by Gasteiger charge is -2.17. The third-order valence-corrected chi connectivity index (χ3v) is 3.40. The van der Waals surface area contributed by atoms with E-state index in [1.807, 2.05) is 26.2 Å². The molecule has 0 spiro atoms. The number of ether oxygens (including phenoxy) is 1. The maximum Gasteiger partial charge on any atom is 0.252 e. The molecule has 0 heterocycles. The normalized spacial score (nSPS) is 12.3. The number of nitrogens with one attached hydrogen (secondary N) is 1. The van der Waals surface area contributed by atoms with Crippen molar-refractivity contribution in [2.45, 2.75) is 6.92 Å². The molecule has 5 heteroatoms. The van der Waals surface area contributed by atoms with Gasteiger partial charge in [-0.05, 0) is 54.1 Å². The van der Waals surface area contributed by atoms with Crippen LogP contribution in [0.3, 0.4) is 0 Å². The molecule has 0 bridgehead atoms. The lowest BCUT2D eigenvalue weighted by Crippen LogP contribution is -2.33. The van der Waals surface area contributed by atoms with Crippen LogP contribution in [-0.2, 0) is 0 Å². The first kappa shape index (κ1) is 16.0. The predicted molar refractivity (Wildman–Crippen MR) is 80.7 cm³/mol. The molecule has 0 aliphatic heterocycles. The molecular formula is C14H21BrN2O2. The number of amides is 1. The molecule has 1 aromatic carbocycles. The van der Waals surface area contributed by atoms with Crippen molar-refractivity contribution in [3.8, 4) is 5.75 Å². The van der Waals surface area contributed by atoms with E-state index < -0.39 is 0 Å². The first-order valence-corrected chi connectivity index (χ1v) is 6.99. The zero-order valence-corrected chi connectivity index (χ0v) is 13.5. The third-order valence-electron chi connectivity index (χ3n) is 2.71. The highest BCUT2D eigenvalue weighted by atomic mass is 79.9. The topological polar surface area (TPSA) is 41.6 Å². The second-order valence-electron chi connectivity index (χ2n) is 4.92. The molecule has 1 N–H and O–H groups in total. The molecule has 0 saturated carbocycles. The summed E-state index contributed by atoms with van der Waals surface area (Å²) in [7, 11) is 5.64. The van der Waals surface area contributed by atoms with Crippen LogP contribution in [0, 0.1) is 5.92 Å². The van der Waals surface area contributed by atoms with E-state index in [0.717, 1.165) is 11.0 Å². The van der Waals surface area contributed by atoms with Gasteiger partial charge < -0.3 is 15.0 Å². The van der Waals surface area contributed by atoms with Crippen LogP contribution in [-0.4, -0.2) is 45.1 Å². The van der Waals surface area contributed by atoms with Crippen LogP contribution in [0.25, 0.3) is 0 Å². The number of hydrogen-bond donors (Lipinski definition) is 1. The predicted octanol–water partition coefficient (Wildman–Crippen LogP) is 2.39. The van der Waals surface area contributed by atoms with Crippen molar-refractivity contribution in [1.29, 1.82) is 0 Å². The van der Waals surface area contributed by atoms with E-state index in [0.29, 0.717) is 23.8 Å². The molecule has 0 fully saturated rings. The van der Waals surface area contributed by atoms with Gasteiger partial charge in [0.1, 0.15) is 5.75 Å².